The topological polar surface area (TPSA) is 44.1 Å². The normalized spacial score (nSPS) is 18.4. The number of carbonyl (C=O) groups excluding carboxylic acids is 1. The summed E-state index contributed by atoms with van der Waals surface area (Å²) >= 11 is 0. The van der Waals surface area contributed by atoms with Crippen molar-refractivity contribution in [1.29, 1.82) is 0 Å². The van der Waals surface area contributed by atoms with E-state index < -0.39 is 0 Å². The minimum Gasteiger partial charge on any atom is -0.374 e. The third kappa shape index (κ3) is 5.26. The number of ketones is 1. The largest absolute Gasteiger partial charge is 0.374 e. The van der Waals surface area contributed by atoms with Gasteiger partial charge in [-0.3, -0.25) is 4.68 Å². The van der Waals surface area contributed by atoms with Gasteiger partial charge in [0.1, 0.15) is 5.78 Å². The van der Waals surface area contributed by atoms with Crippen LogP contribution < -0.4 is 0 Å². The Morgan fingerprint density at radius 1 is 1.45 bits per heavy atom. The smallest absolute Gasteiger partial charge is 0.130 e. The van der Waals surface area contributed by atoms with E-state index in [1.165, 1.54) is 0 Å². The van der Waals surface area contributed by atoms with E-state index in [-0.39, 0.29) is 11.4 Å². The lowest BCUT2D eigenvalue weighted by Crippen LogP contribution is -2.22. The van der Waals surface area contributed by atoms with Gasteiger partial charge < -0.3 is 9.53 Å². The summed E-state index contributed by atoms with van der Waals surface area (Å²) in [6.45, 7) is 9.21. The Balaban J connectivity index is 1.88. The van der Waals surface area contributed by atoms with Crippen molar-refractivity contribution in [3.8, 4) is 0 Å². The lowest BCUT2D eigenvalue weighted by molar-refractivity contribution is -0.117. The van der Waals surface area contributed by atoms with Gasteiger partial charge >= 0.3 is 0 Å². The first-order valence-electron chi connectivity index (χ1n) is 7.89. The maximum Gasteiger partial charge on any atom is 0.130 e. The van der Waals surface area contributed by atoms with Crippen LogP contribution in [0, 0.1) is 5.92 Å². The Labute approximate surface area is 132 Å². The van der Waals surface area contributed by atoms with Gasteiger partial charge in [0.05, 0.1) is 24.4 Å². The molecule has 1 aromatic heterocycles. The Hall–Kier alpha value is -1.68. The first-order valence-corrected chi connectivity index (χ1v) is 7.89. The van der Waals surface area contributed by atoms with Crippen molar-refractivity contribution in [3.05, 3.63) is 36.2 Å². The zero-order valence-corrected chi connectivity index (χ0v) is 14.0. The Kier molecular flexibility index (Phi) is 5.35. The number of hydrogen-bond donors (Lipinski definition) is 0. The molecule has 2 rings (SSSR count). The minimum absolute atomic E-state index is 0.115. The second-order valence-electron chi connectivity index (χ2n) is 6.85. The molecule has 0 N–H and O–H groups in total. The Morgan fingerprint density at radius 2 is 2.23 bits per heavy atom. The number of allylic oxidation sites excluding steroid dienone is 4. The summed E-state index contributed by atoms with van der Waals surface area (Å²) in [7, 11) is 0. The molecule has 1 atom stereocenters. The quantitative estimate of drug-likeness (QED) is 0.806. The summed E-state index contributed by atoms with van der Waals surface area (Å²) in [6, 6.07) is 2.03. The fourth-order valence-corrected chi connectivity index (χ4v) is 2.46. The molecule has 4 heteroatoms. The molecule has 0 spiro atoms. The van der Waals surface area contributed by atoms with Gasteiger partial charge in [0, 0.05) is 12.6 Å². The molecule has 0 saturated heterocycles. The number of ether oxygens (including phenoxy) is 1. The summed E-state index contributed by atoms with van der Waals surface area (Å²) in [6.07, 6.45) is 9.89. The van der Waals surface area contributed by atoms with Gasteiger partial charge in [-0.25, -0.2) is 0 Å². The molecule has 22 heavy (non-hydrogen) atoms. The van der Waals surface area contributed by atoms with Crippen LogP contribution in [0.3, 0.4) is 0 Å². The highest BCUT2D eigenvalue weighted by molar-refractivity contribution is 5.77. The molecule has 0 saturated carbocycles. The van der Waals surface area contributed by atoms with E-state index >= 15 is 0 Å². The van der Waals surface area contributed by atoms with E-state index in [1.54, 1.807) is 6.92 Å². The number of hydrogen-bond acceptors (Lipinski definition) is 3. The van der Waals surface area contributed by atoms with Crippen molar-refractivity contribution in [3.63, 3.8) is 0 Å². The molecule has 1 aromatic rings. The highest BCUT2D eigenvalue weighted by atomic mass is 16.5. The van der Waals surface area contributed by atoms with E-state index in [2.05, 4.69) is 44.1 Å². The fraction of sp³-hybridized carbons (Fsp3) is 0.556. The SMILES string of the molecule is CC(=O)CC1C=CC(c2ccn(CCOC(C)(C)C)n2)=CC1. The highest BCUT2D eigenvalue weighted by Crippen LogP contribution is 2.25. The minimum atomic E-state index is -0.115. The predicted molar refractivity (Wildman–Crippen MR) is 88.5 cm³/mol. The average Bonchev–Trinajstić information content (AvgIpc) is 2.86. The molecule has 0 amide bonds. The van der Waals surface area contributed by atoms with Crippen LogP contribution in [0.15, 0.2) is 30.5 Å². The molecule has 0 aromatic carbocycles. The molecular formula is C18H26N2O2. The lowest BCUT2D eigenvalue weighted by Gasteiger charge is -2.19. The van der Waals surface area contributed by atoms with E-state index in [0.717, 1.165) is 24.2 Å². The van der Waals surface area contributed by atoms with Crippen LogP contribution in [-0.2, 0) is 16.1 Å². The predicted octanol–water partition coefficient (Wildman–Crippen LogP) is 3.64. The zero-order valence-electron chi connectivity index (χ0n) is 14.0. The molecule has 0 fully saturated rings. The van der Waals surface area contributed by atoms with Crippen molar-refractivity contribution in [1.82, 2.24) is 9.78 Å². The van der Waals surface area contributed by atoms with Crippen molar-refractivity contribution < 1.29 is 9.53 Å². The molecule has 4 nitrogen and oxygen atoms in total. The summed E-state index contributed by atoms with van der Waals surface area (Å²) in [5, 5.41) is 4.59. The van der Waals surface area contributed by atoms with E-state index in [0.29, 0.717) is 18.9 Å². The molecule has 120 valence electrons. The van der Waals surface area contributed by atoms with Crippen molar-refractivity contribution in [2.24, 2.45) is 5.92 Å². The zero-order chi connectivity index (χ0) is 16.2. The van der Waals surface area contributed by atoms with E-state index in [4.69, 9.17) is 4.74 Å². The van der Waals surface area contributed by atoms with Gasteiger partial charge in [-0.1, -0.05) is 18.2 Å². The number of carbonyl (C=O) groups is 1. The highest BCUT2D eigenvalue weighted by Gasteiger charge is 2.13. The van der Waals surface area contributed by atoms with Gasteiger partial charge in [-0.15, -0.1) is 0 Å². The Bertz CT molecular complexity index is 576. The second-order valence-corrected chi connectivity index (χ2v) is 6.85. The first kappa shape index (κ1) is 16.7. The third-order valence-corrected chi connectivity index (χ3v) is 3.53. The van der Waals surface area contributed by atoms with Crippen LogP contribution in [0.25, 0.3) is 5.57 Å². The number of Topliss-reactive ketones (excluding diaryl/α,β-unsaturated/α-hetero) is 1. The summed E-state index contributed by atoms with van der Waals surface area (Å²) in [5.41, 5.74) is 2.00. The average molecular weight is 302 g/mol. The van der Waals surface area contributed by atoms with Crippen LogP contribution in [-0.4, -0.2) is 27.8 Å². The molecule has 1 unspecified atom stereocenters. The molecule has 1 heterocycles. The summed E-state index contributed by atoms with van der Waals surface area (Å²) in [4.78, 5) is 11.2. The van der Waals surface area contributed by atoms with Gasteiger partial charge in [0.25, 0.3) is 0 Å². The third-order valence-electron chi connectivity index (χ3n) is 3.53. The van der Waals surface area contributed by atoms with E-state index in [1.807, 2.05) is 16.9 Å². The number of aromatic nitrogens is 2. The number of nitrogens with zero attached hydrogens (tertiary/aromatic N) is 2. The molecule has 0 aliphatic heterocycles. The first-order chi connectivity index (χ1) is 10.3. The summed E-state index contributed by atoms with van der Waals surface area (Å²) < 4.78 is 7.63. The van der Waals surface area contributed by atoms with Gasteiger partial charge in [0.15, 0.2) is 0 Å². The van der Waals surface area contributed by atoms with Crippen molar-refractivity contribution in [2.75, 3.05) is 6.61 Å². The molecule has 1 aliphatic carbocycles. The molecule has 0 radical (unpaired) electrons. The van der Waals surface area contributed by atoms with Gasteiger partial charge in [-0.05, 0) is 51.7 Å². The lowest BCUT2D eigenvalue weighted by atomic mass is 9.92. The van der Waals surface area contributed by atoms with Crippen LogP contribution in [0.1, 0.15) is 46.2 Å². The van der Waals surface area contributed by atoms with Crippen LogP contribution in [0.4, 0.5) is 0 Å². The standard InChI is InChI=1S/C18H26N2O2/c1-14(21)13-15-5-7-16(8-6-15)17-9-10-20(19-17)11-12-22-18(2,3)4/h5,7-10,15H,6,11-13H2,1-4H3. The monoisotopic (exact) mass is 302 g/mol. The van der Waals surface area contributed by atoms with Crippen LogP contribution in [0.2, 0.25) is 0 Å². The fourth-order valence-electron chi connectivity index (χ4n) is 2.46. The Morgan fingerprint density at radius 3 is 2.82 bits per heavy atom. The van der Waals surface area contributed by atoms with Crippen LogP contribution >= 0.6 is 0 Å². The maximum absolute atomic E-state index is 11.2. The molecule has 0 bridgehead atoms. The molecular weight excluding hydrogens is 276 g/mol. The van der Waals surface area contributed by atoms with Gasteiger partial charge in [0.2, 0.25) is 0 Å². The van der Waals surface area contributed by atoms with Crippen molar-refractivity contribution in [2.45, 2.75) is 52.7 Å². The molecule has 1 aliphatic rings. The second kappa shape index (κ2) is 7.05. The van der Waals surface area contributed by atoms with E-state index in [9.17, 15) is 4.79 Å². The number of rotatable bonds is 6. The van der Waals surface area contributed by atoms with Crippen molar-refractivity contribution >= 4 is 11.4 Å². The van der Waals surface area contributed by atoms with Crippen LogP contribution in [0.5, 0.6) is 0 Å². The van der Waals surface area contributed by atoms with Gasteiger partial charge in [-0.2, -0.15) is 5.10 Å². The maximum atomic E-state index is 11.2. The summed E-state index contributed by atoms with van der Waals surface area (Å²) in [5.74, 6) is 0.582.